The summed E-state index contributed by atoms with van der Waals surface area (Å²) in [5.74, 6) is -0.0176. The van der Waals surface area contributed by atoms with Crippen LogP contribution in [0, 0.1) is 0 Å². The van der Waals surface area contributed by atoms with Crippen molar-refractivity contribution in [3.05, 3.63) is 29.8 Å². The van der Waals surface area contributed by atoms with Crippen LogP contribution < -0.4 is 15.4 Å². The number of rotatable bonds is 7. The third-order valence-electron chi connectivity index (χ3n) is 2.66. The minimum Gasteiger partial charge on any atom is -0.484 e. The molecule has 1 aromatic carbocycles. The number of nitrogens with one attached hydrogen (secondary N) is 2. The molecule has 0 heterocycles. The molecule has 0 bridgehead atoms. The SMILES string of the molecule is CCCNC(=O)NC(=O)COc1ccc(C(=O)CC)cc1. The number of urea groups is 1. The first kappa shape index (κ1) is 16.7. The van der Waals surface area contributed by atoms with E-state index in [0.29, 0.717) is 24.3 Å². The topological polar surface area (TPSA) is 84.5 Å². The van der Waals surface area contributed by atoms with Crippen molar-refractivity contribution in [2.24, 2.45) is 0 Å². The van der Waals surface area contributed by atoms with E-state index < -0.39 is 11.9 Å². The van der Waals surface area contributed by atoms with Gasteiger partial charge in [0.15, 0.2) is 12.4 Å². The summed E-state index contributed by atoms with van der Waals surface area (Å²) in [5.41, 5.74) is 0.605. The number of imide groups is 1. The van der Waals surface area contributed by atoms with Crippen LogP contribution in [0.4, 0.5) is 4.79 Å². The van der Waals surface area contributed by atoms with Gasteiger partial charge in [0.2, 0.25) is 0 Å². The molecule has 0 radical (unpaired) electrons. The molecule has 6 heteroatoms. The van der Waals surface area contributed by atoms with Gasteiger partial charge in [-0.3, -0.25) is 14.9 Å². The van der Waals surface area contributed by atoms with E-state index in [0.717, 1.165) is 6.42 Å². The summed E-state index contributed by atoms with van der Waals surface area (Å²) >= 11 is 0. The highest BCUT2D eigenvalue weighted by atomic mass is 16.5. The second kappa shape index (κ2) is 8.73. The van der Waals surface area contributed by atoms with Gasteiger partial charge in [-0.15, -0.1) is 0 Å². The van der Waals surface area contributed by atoms with E-state index in [2.05, 4.69) is 10.6 Å². The van der Waals surface area contributed by atoms with E-state index >= 15 is 0 Å². The zero-order chi connectivity index (χ0) is 15.7. The first-order chi connectivity index (χ1) is 10.1. The van der Waals surface area contributed by atoms with Crippen LogP contribution >= 0.6 is 0 Å². The Morgan fingerprint density at radius 1 is 1.10 bits per heavy atom. The van der Waals surface area contributed by atoms with Crippen molar-refractivity contribution in [3.8, 4) is 5.75 Å². The van der Waals surface area contributed by atoms with Gasteiger partial charge < -0.3 is 10.1 Å². The molecule has 2 N–H and O–H groups in total. The van der Waals surface area contributed by atoms with Crippen molar-refractivity contribution in [1.29, 1.82) is 0 Å². The second-order valence-electron chi connectivity index (χ2n) is 4.39. The van der Waals surface area contributed by atoms with Crippen LogP contribution in [0.5, 0.6) is 5.75 Å². The minimum atomic E-state index is -0.533. The maximum Gasteiger partial charge on any atom is 0.321 e. The standard InChI is InChI=1S/C15H20N2O4/c1-3-9-16-15(20)17-14(19)10-21-12-7-5-11(6-8-12)13(18)4-2/h5-8H,3-4,9-10H2,1-2H3,(H2,16,17,19,20). The smallest absolute Gasteiger partial charge is 0.321 e. The number of benzene rings is 1. The first-order valence-corrected chi connectivity index (χ1v) is 6.90. The van der Waals surface area contributed by atoms with E-state index in [9.17, 15) is 14.4 Å². The summed E-state index contributed by atoms with van der Waals surface area (Å²) in [7, 11) is 0. The van der Waals surface area contributed by atoms with Gasteiger partial charge in [-0.25, -0.2) is 4.79 Å². The number of hydrogen-bond acceptors (Lipinski definition) is 4. The Kier molecular flexibility index (Phi) is 6.94. The molecule has 0 atom stereocenters. The van der Waals surface area contributed by atoms with Crippen LogP contribution in [-0.2, 0) is 4.79 Å². The predicted octanol–water partition coefficient (Wildman–Crippen LogP) is 1.89. The molecule has 0 unspecified atom stereocenters. The van der Waals surface area contributed by atoms with E-state index in [-0.39, 0.29) is 12.4 Å². The average molecular weight is 292 g/mol. The Balaban J connectivity index is 2.39. The van der Waals surface area contributed by atoms with Crippen LogP contribution in [0.3, 0.4) is 0 Å². The number of Topliss-reactive ketones (excluding diaryl/α,β-unsaturated/α-hetero) is 1. The molecular weight excluding hydrogens is 272 g/mol. The summed E-state index contributed by atoms with van der Waals surface area (Å²) in [6.45, 7) is 3.95. The van der Waals surface area contributed by atoms with Crippen molar-refractivity contribution in [2.45, 2.75) is 26.7 Å². The van der Waals surface area contributed by atoms with Crippen LogP contribution in [0.25, 0.3) is 0 Å². The Morgan fingerprint density at radius 3 is 2.33 bits per heavy atom. The molecule has 114 valence electrons. The van der Waals surface area contributed by atoms with Gasteiger partial charge in [-0.05, 0) is 30.7 Å². The summed E-state index contributed by atoms with van der Waals surface area (Å²) in [4.78, 5) is 34.1. The monoisotopic (exact) mass is 292 g/mol. The Hall–Kier alpha value is -2.37. The molecule has 0 aliphatic rings. The second-order valence-corrected chi connectivity index (χ2v) is 4.39. The number of amides is 3. The van der Waals surface area contributed by atoms with Gasteiger partial charge in [-0.2, -0.15) is 0 Å². The average Bonchev–Trinajstić information content (AvgIpc) is 2.50. The normalized spacial score (nSPS) is 9.81. The van der Waals surface area contributed by atoms with Gasteiger partial charge in [0.05, 0.1) is 0 Å². The van der Waals surface area contributed by atoms with E-state index in [4.69, 9.17) is 4.74 Å². The molecule has 0 aromatic heterocycles. The zero-order valence-electron chi connectivity index (χ0n) is 12.3. The summed E-state index contributed by atoms with van der Waals surface area (Å²) in [6, 6.07) is 6.00. The summed E-state index contributed by atoms with van der Waals surface area (Å²) in [6.07, 6.45) is 1.23. The molecule has 0 aliphatic heterocycles. The summed E-state index contributed by atoms with van der Waals surface area (Å²) < 4.78 is 5.24. The molecule has 0 saturated heterocycles. The van der Waals surface area contributed by atoms with E-state index in [1.807, 2.05) is 6.92 Å². The maximum atomic E-state index is 11.5. The number of carbonyl (C=O) groups is 3. The van der Waals surface area contributed by atoms with Crippen molar-refractivity contribution in [1.82, 2.24) is 10.6 Å². The predicted molar refractivity (Wildman–Crippen MR) is 78.4 cm³/mol. The fourth-order valence-electron chi connectivity index (χ4n) is 1.54. The molecular formula is C15H20N2O4. The van der Waals surface area contributed by atoms with E-state index in [1.165, 1.54) is 0 Å². The molecule has 3 amide bonds. The number of ether oxygens (including phenoxy) is 1. The van der Waals surface area contributed by atoms with Gasteiger partial charge in [0, 0.05) is 18.5 Å². The molecule has 21 heavy (non-hydrogen) atoms. The first-order valence-electron chi connectivity index (χ1n) is 6.90. The van der Waals surface area contributed by atoms with Crippen molar-refractivity contribution >= 4 is 17.7 Å². The molecule has 1 rings (SSSR count). The molecule has 0 saturated carbocycles. The molecule has 0 fully saturated rings. The largest absolute Gasteiger partial charge is 0.484 e. The number of ketones is 1. The Bertz CT molecular complexity index is 497. The van der Waals surface area contributed by atoms with Crippen molar-refractivity contribution in [3.63, 3.8) is 0 Å². The van der Waals surface area contributed by atoms with E-state index in [1.54, 1.807) is 31.2 Å². The van der Waals surface area contributed by atoms with Crippen LogP contribution in [0.1, 0.15) is 37.0 Å². The third kappa shape index (κ3) is 6.07. The van der Waals surface area contributed by atoms with Gasteiger partial charge in [0.25, 0.3) is 5.91 Å². The number of hydrogen-bond donors (Lipinski definition) is 2. The van der Waals surface area contributed by atoms with Gasteiger partial charge in [-0.1, -0.05) is 13.8 Å². The minimum absolute atomic E-state index is 0.0480. The Labute approximate surface area is 123 Å². The van der Waals surface area contributed by atoms with Crippen LogP contribution in [-0.4, -0.2) is 30.9 Å². The molecule has 0 spiro atoms. The van der Waals surface area contributed by atoms with Crippen LogP contribution in [0.2, 0.25) is 0 Å². The number of carbonyl (C=O) groups excluding carboxylic acids is 3. The lowest BCUT2D eigenvalue weighted by Crippen LogP contribution is -2.41. The quantitative estimate of drug-likeness (QED) is 0.752. The van der Waals surface area contributed by atoms with Gasteiger partial charge >= 0.3 is 6.03 Å². The maximum absolute atomic E-state index is 11.5. The highest BCUT2D eigenvalue weighted by Crippen LogP contribution is 2.13. The van der Waals surface area contributed by atoms with Gasteiger partial charge in [0.1, 0.15) is 5.75 Å². The lowest BCUT2D eigenvalue weighted by atomic mass is 10.1. The fraction of sp³-hybridized carbons (Fsp3) is 0.400. The molecule has 1 aromatic rings. The summed E-state index contributed by atoms with van der Waals surface area (Å²) in [5, 5.41) is 4.68. The van der Waals surface area contributed by atoms with Crippen LogP contribution in [0.15, 0.2) is 24.3 Å². The molecule has 0 aliphatic carbocycles. The highest BCUT2D eigenvalue weighted by Gasteiger charge is 2.08. The van der Waals surface area contributed by atoms with Crippen molar-refractivity contribution < 1.29 is 19.1 Å². The zero-order valence-corrected chi connectivity index (χ0v) is 12.3. The Morgan fingerprint density at radius 2 is 1.76 bits per heavy atom. The highest BCUT2D eigenvalue weighted by molar-refractivity contribution is 5.96. The lowest BCUT2D eigenvalue weighted by Gasteiger charge is -2.08. The lowest BCUT2D eigenvalue weighted by molar-refractivity contribution is -0.122. The van der Waals surface area contributed by atoms with Crippen molar-refractivity contribution in [2.75, 3.05) is 13.2 Å². The third-order valence-corrected chi connectivity index (χ3v) is 2.66. The fourth-order valence-corrected chi connectivity index (χ4v) is 1.54. The molecule has 6 nitrogen and oxygen atoms in total.